The Kier molecular flexibility index (Phi) is 5.64. The molecule has 0 aromatic heterocycles. The summed E-state index contributed by atoms with van der Waals surface area (Å²) in [5.74, 6) is -1.31. The molecule has 0 aliphatic carbocycles. The van der Waals surface area contributed by atoms with E-state index in [1.807, 2.05) is 0 Å². The van der Waals surface area contributed by atoms with Crippen LogP contribution in [0.4, 0.5) is 11.4 Å². The number of nitro benzene ring substituents is 1. The van der Waals surface area contributed by atoms with Crippen LogP contribution in [0.15, 0.2) is 46.9 Å². The van der Waals surface area contributed by atoms with Gasteiger partial charge in [-0.05, 0) is 31.2 Å². The number of ether oxygens (including phenoxy) is 1. The minimum absolute atomic E-state index is 0.0163. The van der Waals surface area contributed by atoms with E-state index in [0.29, 0.717) is 11.3 Å². The number of hydrogen-bond acceptors (Lipinski definition) is 5. The number of aryl methyl sites for hydroxylation is 1. The average Bonchev–Trinajstić information content (AvgIpc) is 2.52. The second-order valence-corrected chi connectivity index (χ2v) is 5.81. The zero-order valence-corrected chi connectivity index (χ0v) is 14.2. The third-order valence-corrected chi connectivity index (χ3v) is 3.58. The van der Waals surface area contributed by atoms with Gasteiger partial charge in [0, 0.05) is 21.8 Å². The molecule has 2 rings (SSSR count). The summed E-state index contributed by atoms with van der Waals surface area (Å²) in [6.45, 7) is 1.08. The van der Waals surface area contributed by atoms with Crippen LogP contribution in [0.3, 0.4) is 0 Å². The second-order valence-electron chi connectivity index (χ2n) is 4.89. The van der Waals surface area contributed by atoms with E-state index >= 15 is 0 Å². The number of nitrogens with one attached hydrogen (secondary N) is 1. The molecule has 0 unspecified atom stereocenters. The van der Waals surface area contributed by atoms with E-state index in [2.05, 4.69) is 21.2 Å². The summed E-state index contributed by atoms with van der Waals surface area (Å²) in [5, 5.41) is 13.5. The van der Waals surface area contributed by atoms with E-state index in [1.54, 1.807) is 31.2 Å². The van der Waals surface area contributed by atoms with E-state index in [1.165, 1.54) is 12.1 Å². The number of esters is 1. The van der Waals surface area contributed by atoms with Crippen molar-refractivity contribution < 1.29 is 19.2 Å². The van der Waals surface area contributed by atoms with Crippen molar-refractivity contribution in [2.45, 2.75) is 6.92 Å². The van der Waals surface area contributed by atoms with Crippen LogP contribution in [0.2, 0.25) is 0 Å². The van der Waals surface area contributed by atoms with Crippen molar-refractivity contribution >= 4 is 39.2 Å². The summed E-state index contributed by atoms with van der Waals surface area (Å²) < 4.78 is 5.68. The Morgan fingerprint density at radius 3 is 2.67 bits per heavy atom. The van der Waals surface area contributed by atoms with Gasteiger partial charge in [0.1, 0.15) is 0 Å². The molecule has 0 aliphatic heterocycles. The average molecular weight is 393 g/mol. The molecule has 0 spiro atoms. The minimum atomic E-state index is -0.803. The van der Waals surface area contributed by atoms with E-state index in [9.17, 15) is 19.7 Å². The topological polar surface area (TPSA) is 98.5 Å². The fraction of sp³-hybridized carbons (Fsp3) is 0.125. The highest BCUT2D eigenvalue weighted by Gasteiger charge is 2.16. The molecule has 7 nitrogen and oxygen atoms in total. The maximum atomic E-state index is 11.9. The Labute approximate surface area is 145 Å². The Hall–Kier alpha value is -2.74. The lowest BCUT2D eigenvalue weighted by Gasteiger charge is -2.07. The molecule has 2 aromatic carbocycles. The number of halogens is 1. The quantitative estimate of drug-likeness (QED) is 0.477. The number of carbonyl (C=O) groups is 2. The first kappa shape index (κ1) is 17.6. The zero-order chi connectivity index (χ0) is 17.7. The van der Waals surface area contributed by atoms with Gasteiger partial charge in [-0.1, -0.05) is 28.1 Å². The number of nitro groups is 1. The lowest BCUT2D eigenvalue weighted by Crippen LogP contribution is -2.21. The SMILES string of the molecule is Cc1ccc(C(=O)OCC(=O)Nc2cccc(Br)c2)cc1[N+](=O)[O-]. The van der Waals surface area contributed by atoms with Crippen LogP contribution in [-0.4, -0.2) is 23.4 Å². The third kappa shape index (κ3) is 4.63. The molecule has 0 saturated carbocycles. The normalized spacial score (nSPS) is 10.1. The lowest BCUT2D eigenvalue weighted by atomic mass is 10.1. The summed E-state index contributed by atoms with van der Waals surface area (Å²) in [5.41, 5.74) is 0.825. The summed E-state index contributed by atoms with van der Waals surface area (Å²) in [6.07, 6.45) is 0. The third-order valence-electron chi connectivity index (χ3n) is 3.08. The number of nitrogens with zero attached hydrogens (tertiary/aromatic N) is 1. The van der Waals surface area contributed by atoms with Gasteiger partial charge in [0.05, 0.1) is 10.5 Å². The largest absolute Gasteiger partial charge is 0.452 e. The van der Waals surface area contributed by atoms with Crippen LogP contribution >= 0.6 is 15.9 Å². The van der Waals surface area contributed by atoms with Crippen molar-refractivity contribution in [2.24, 2.45) is 0 Å². The maximum absolute atomic E-state index is 11.9. The molecule has 2 aromatic rings. The van der Waals surface area contributed by atoms with E-state index in [4.69, 9.17) is 4.74 Å². The van der Waals surface area contributed by atoms with Gasteiger partial charge in [0.2, 0.25) is 0 Å². The summed E-state index contributed by atoms with van der Waals surface area (Å²) in [4.78, 5) is 34.0. The van der Waals surface area contributed by atoms with E-state index < -0.39 is 23.4 Å². The molecule has 0 atom stereocenters. The molecule has 0 aliphatic rings. The molecule has 0 heterocycles. The highest BCUT2D eigenvalue weighted by atomic mass is 79.9. The Morgan fingerprint density at radius 1 is 1.25 bits per heavy atom. The number of carbonyl (C=O) groups excluding carboxylic acids is 2. The van der Waals surface area contributed by atoms with Gasteiger partial charge in [-0.25, -0.2) is 4.79 Å². The first-order valence-corrected chi connectivity index (χ1v) is 7.63. The lowest BCUT2D eigenvalue weighted by molar-refractivity contribution is -0.385. The number of amides is 1. The number of hydrogen-bond donors (Lipinski definition) is 1. The van der Waals surface area contributed by atoms with Crippen LogP contribution in [-0.2, 0) is 9.53 Å². The minimum Gasteiger partial charge on any atom is -0.452 e. The first-order valence-electron chi connectivity index (χ1n) is 6.84. The molecular formula is C16H13BrN2O5. The predicted molar refractivity (Wildman–Crippen MR) is 90.9 cm³/mol. The molecule has 0 radical (unpaired) electrons. The van der Waals surface area contributed by atoms with E-state index in [0.717, 1.165) is 10.5 Å². The first-order chi connectivity index (χ1) is 11.4. The van der Waals surface area contributed by atoms with Crippen LogP contribution in [0.25, 0.3) is 0 Å². The highest BCUT2D eigenvalue weighted by Crippen LogP contribution is 2.20. The van der Waals surface area contributed by atoms with Gasteiger partial charge in [-0.3, -0.25) is 14.9 Å². The summed E-state index contributed by atoms with van der Waals surface area (Å²) in [6, 6.07) is 10.9. The molecular weight excluding hydrogens is 380 g/mol. The van der Waals surface area contributed by atoms with Gasteiger partial charge < -0.3 is 10.1 Å². The van der Waals surface area contributed by atoms with Crippen molar-refractivity contribution in [1.82, 2.24) is 0 Å². The van der Waals surface area contributed by atoms with Crippen molar-refractivity contribution in [3.05, 3.63) is 68.2 Å². The van der Waals surface area contributed by atoms with Crippen LogP contribution in [0.1, 0.15) is 15.9 Å². The van der Waals surface area contributed by atoms with Crippen molar-refractivity contribution in [3.63, 3.8) is 0 Å². The molecule has 24 heavy (non-hydrogen) atoms. The van der Waals surface area contributed by atoms with Gasteiger partial charge in [0.25, 0.3) is 11.6 Å². The Bertz CT molecular complexity index is 807. The predicted octanol–water partition coefficient (Wildman–Crippen LogP) is 3.46. The zero-order valence-electron chi connectivity index (χ0n) is 12.6. The molecule has 1 amide bonds. The number of rotatable bonds is 5. The number of anilines is 1. The Morgan fingerprint density at radius 2 is 2.00 bits per heavy atom. The fourth-order valence-electron chi connectivity index (χ4n) is 1.91. The maximum Gasteiger partial charge on any atom is 0.338 e. The smallest absolute Gasteiger partial charge is 0.338 e. The van der Waals surface area contributed by atoms with Crippen LogP contribution in [0.5, 0.6) is 0 Å². The molecule has 8 heteroatoms. The number of benzene rings is 2. The molecule has 0 fully saturated rings. The Balaban J connectivity index is 1.96. The molecule has 1 N–H and O–H groups in total. The van der Waals surface area contributed by atoms with Crippen LogP contribution < -0.4 is 5.32 Å². The van der Waals surface area contributed by atoms with Crippen LogP contribution in [0, 0.1) is 17.0 Å². The molecule has 124 valence electrons. The standard InChI is InChI=1S/C16H13BrN2O5/c1-10-5-6-11(7-14(10)19(22)23)16(21)24-9-15(20)18-13-4-2-3-12(17)8-13/h2-8H,9H2,1H3,(H,18,20). The summed E-state index contributed by atoms with van der Waals surface area (Å²) in [7, 11) is 0. The van der Waals surface area contributed by atoms with Gasteiger partial charge in [-0.15, -0.1) is 0 Å². The van der Waals surface area contributed by atoms with Gasteiger partial charge >= 0.3 is 5.97 Å². The summed E-state index contributed by atoms with van der Waals surface area (Å²) >= 11 is 3.28. The van der Waals surface area contributed by atoms with Gasteiger partial charge in [0.15, 0.2) is 6.61 Å². The fourth-order valence-corrected chi connectivity index (χ4v) is 2.31. The van der Waals surface area contributed by atoms with Crippen molar-refractivity contribution in [1.29, 1.82) is 0 Å². The van der Waals surface area contributed by atoms with Crippen molar-refractivity contribution in [3.8, 4) is 0 Å². The highest BCUT2D eigenvalue weighted by molar-refractivity contribution is 9.10. The molecule has 0 bridgehead atoms. The second kappa shape index (κ2) is 7.69. The molecule has 0 saturated heterocycles. The monoisotopic (exact) mass is 392 g/mol. The van der Waals surface area contributed by atoms with Crippen molar-refractivity contribution in [2.75, 3.05) is 11.9 Å². The van der Waals surface area contributed by atoms with E-state index in [-0.39, 0.29) is 11.3 Å². The van der Waals surface area contributed by atoms with Gasteiger partial charge in [-0.2, -0.15) is 0 Å².